The van der Waals surface area contributed by atoms with Crippen molar-refractivity contribution in [2.24, 2.45) is 11.7 Å². The zero-order chi connectivity index (χ0) is 19.3. The number of carbonyl (C=O) groups is 1. The molecular formula is C19H29N3O4S. The molecule has 2 aliphatic heterocycles. The Bertz CT molecular complexity index is 724. The normalized spacial score (nSPS) is 20.9. The van der Waals surface area contributed by atoms with Crippen molar-refractivity contribution in [2.45, 2.75) is 49.6 Å². The Morgan fingerprint density at radius 1 is 1.15 bits per heavy atom. The lowest BCUT2D eigenvalue weighted by atomic mass is 9.92. The highest BCUT2D eigenvalue weighted by molar-refractivity contribution is 7.89. The summed E-state index contributed by atoms with van der Waals surface area (Å²) in [6.45, 7) is 2.81. The van der Waals surface area contributed by atoms with E-state index in [1.165, 1.54) is 0 Å². The second kappa shape index (κ2) is 9.14. The molecule has 27 heavy (non-hydrogen) atoms. The smallest absolute Gasteiger partial charge is 0.243 e. The van der Waals surface area contributed by atoms with E-state index in [2.05, 4.69) is 5.32 Å². The van der Waals surface area contributed by atoms with E-state index in [1.54, 1.807) is 28.6 Å². The molecule has 0 bridgehead atoms. The van der Waals surface area contributed by atoms with Gasteiger partial charge in [-0.1, -0.05) is 18.6 Å². The zero-order valence-corrected chi connectivity index (χ0v) is 16.4. The summed E-state index contributed by atoms with van der Waals surface area (Å²) in [6.07, 6.45) is 4.52. The second-order valence-electron chi connectivity index (χ2n) is 7.30. The fraction of sp³-hybridized carbons (Fsp3) is 0.632. The molecule has 2 aliphatic rings. The van der Waals surface area contributed by atoms with Crippen LogP contribution in [-0.2, 0) is 26.1 Å². The van der Waals surface area contributed by atoms with Crippen LogP contribution in [0.15, 0.2) is 29.2 Å². The van der Waals surface area contributed by atoms with Gasteiger partial charge in [0.1, 0.15) is 0 Å². The number of hydrogen-bond acceptors (Lipinski definition) is 5. The number of benzene rings is 1. The molecule has 1 aromatic rings. The van der Waals surface area contributed by atoms with Crippen LogP contribution in [0.3, 0.4) is 0 Å². The molecule has 2 heterocycles. The summed E-state index contributed by atoms with van der Waals surface area (Å²) in [7, 11) is -3.42. The van der Waals surface area contributed by atoms with Gasteiger partial charge >= 0.3 is 0 Å². The molecule has 1 amide bonds. The van der Waals surface area contributed by atoms with E-state index in [0.29, 0.717) is 37.7 Å². The first-order valence-electron chi connectivity index (χ1n) is 9.68. The minimum atomic E-state index is -3.42. The average molecular weight is 396 g/mol. The zero-order valence-electron chi connectivity index (χ0n) is 15.6. The van der Waals surface area contributed by atoms with E-state index in [1.807, 2.05) is 0 Å². The molecule has 1 aromatic carbocycles. The first-order chi connectivity index (χ1) is 13.0. The maximum Gasteiger partial charge on any atom is 0.243 e. The van der Waals surface area contributed by atoms with Crippen molar-refractivity contribution in [3.63, 3.8) is 0 Å². The molecule has 8 heteroatoms. The van der Waals surface area contributed by atoms with Crippen LogP contribution in [0.2, 0.25) is 0 Å². The molecule has 7 nitrogen and oxygen atoms in total. The lowest BCUT2D eigenvalue weighted by Gasteiger charge is -2.27. The Balaban J connectivity index is 1.55. The lowest BCUT2D eigenvalue weighted by Crippen LogP contribution is -2.46. The summed E-state index contributed by atoms with van der Waals surface area (Å²) in [5.41, 5.74) is 6.91. The van der Waals surface area contributed by atoms with Crippen LogP contribution in [0.5, 0.6) is 0 Å². The van der Waals surface area contributed by atoms with Gasteiger partial charge in [-0.05, 0) is 49.3 Å². The molecule has 150 valence electrons. The molecule has 0 spiro atoms. The Hall–Kier alpha value is -1.48. The molecule has 0 radical (unpaired) electrons. The molecule has 2 saturated heterocycles. The van der Waals surface area contributed by atoms with Gasteiger partial charge in [0, 0.05) is 32.8 Å². The molecular weight excluding hydrogens is 366 g/mol. The summed E-state index contributed by atoms with van der Waals surface area (Å²) in [6, 6.07) is 6.19. The minimum absolute atomic E-state index is 0.149. The van der Waals surface area contributed by atoms with Crippen molar-refractivity contribution in [3.8, 4) is 0 Å². The monoisotopic (exact) mass is 395 g/mol. The third-order valence-electron chi connectivity index (χ3n) is 5.42. The van der Waals surface area contributed by atoms with Crippen LogP contribution < -0.4 is 11.1 Å². The molecule has 1 atom stereocenters. The van der Waals surface area contributed by atoms with Gasteiger partial charge in [-0.25, -0.2) is 8.42 Å². The molecule has 0 aromatic heterocycles. The number of amides is 1. The van der Waals surface area contributed by atoms with Crippen molar-refractivity contribution in [3.05, 3.63) is 29.8 Å². The largest absolute Gasteiger partial charge is 0.381 e. The van der Waals surface area contributed by atoms with Crippen molar-refractivity contribution >= 4 is 15.9 Å². The van der Waals surface area contributed by atoms with Crippen molar-refractivity contribution < 1.29 is 17.9 Å². The maximum absolute atomic E-state index is 12.7. The van der Waals surface area contributed by atoms with E-state index >= 15 is 0 Å². The highest BCUT2D eigenvalue weighted by Crippen LogP contribution is 2.21. The lowest BCUT2D eigenvalue weighted by molar-refractivity contribution is -0.124. The molecule has 3 rings (SSSR count). The molecule has 3 N–H and O–H groups in total. The SMILES string of the molecule is NC(C(=O)NCc1ccc(S(=O)(=O)N2CCCCC2)cc1)C1CCOCC1. The Labute approximate surface area is 161 Å². The number of hydrogen-bond donors (Lipinski definition) is 2. The number of ether oxygens (including phenoxy) is 1. The summed E-state index contributed by atoms with van der Waals surface area (Å²) in [5, 5.41) is 2.85. The van der Waals surface area contributed by atoms with Gasteiger partial charge in [-0.3, -0.25) is 4.79 Å². The fourth-order valence-electron chi connectivity index (χ4n) is 3.63. The maximum atomic E-state index is 12.7. The number of rotatable bonds is 6. The quantitative estimate of drug-likeness (QED) is 0.754. The van der Waals surface area contributed by atoms with Crippen LogP contribution in [0.4, 0.5) is 0 Å². The summed E-state index contributed by atoms with van der Waals surface area (Å²) < 4.78 is 32.2. The topological polar surface area (TPSA) is 102 Å². The van der Waals surface area contributed by atoms with Crippen LogP contribution in [0, 0.1) is 5.92 Å². The third-order valence-corrected chi connectivity index (χ3v) is 7.33. The van der Waals surface area contributed by atoms with Crippen LogP contribution in [0.25, 0.3) is 0 Å². The molecule has 0 aliphatic carbocycles. The van der Waals surface area contributed by atoms with E-state index in [-0.39, 0.29) is 11.8 Å². The van der Waals surface area contributed by atoms with Crippen LogP contribution >= 0.6 is 0 Å². The highest BCUT2D eigenvalue weighted by Gasteiger charge is 2.27. The number of nitrogens with one attached hydrogen (secondary N) is 1. The number of nitrogens with zero attached hydrogens (tertiary/aromatic N) is 1. The predicted octanol–water partition coefficient (Wildman–Crippen LogP) is 1.23. The predicted molar refractivity (Wildman–Crippen MR) is 102 cm³/mol. The Morgan fingerprint density at radius 2 is 1.78 bits per heavy atom. The van der Waals surface area contributed by atoms with Gasteiger partial charge in [0.15, 0.2) is 0 Å². The Morgan fingerprint density at radius 3 is 2.41 bits per heavy atom. The Kier molecular flexibility index (Phi) is 6.86. The summed E-state index contributed by atoms with van der Waals surface area (Å²) >= 11 is 0. The van der Waals surface area contributed by atoms with Gasteiger partial charge in [-0.15, -0.1) is 0 Å². The van der Waals surface area contributed by atoms with E-state index in [9.17, 15) is 13.2 Å². The summed E-state index contributed by atoms with van der Waals surface area (Å²) in [5.74, 6) is -0.0253. The minimum Gasteiger partial charge on any atom is -0.381 e. The standard InChI is InChI=1S/C19H29N3O4S/c20-18(16-8-12-26-13-9-16)19(23)21-14-15-4-6-17(7-5-15)27(24,25)22-10-2-1-3-11-22/h4-7,16,18H,1-3,8-14,20H2,(H,21,23). The average Bonchev–Trinajstić information content (AvgIpc) is 2.73. The molecule has 0 saturated carbocycles. The third kappa shape index (κ3) is 5.07. The number of piperidine rings is 1. The van der Waals surface area contributed by atoms with E-state index in [4.69, 9.17) is 10.5 Å². The van der Waals surface area contributed by atoms with Crippen LogP contribution in [0.1, 0.15) is 37.7 Å². The first kappa shape index (κ1) is 20.3. The van der Waals surface area contributed by atoms with Crippen molar-refractivity contribution in [1.29, 1.82) is 0 Å². The summed E-state index contributed by atoms with van der Waals surface area (Å²) in [4.78, 5) is 12.6. The van der Waals surface area contributed by atoms with Gasteiger partial charge in [-0.2, -0.15) is 4.31 Å². The number of carbonyl (C=O) groups excluding carboxylic acids is 1. The number of sulfonamides is 1. The van der Waals surface area contributed by atoms with Crippen molar-refractivity contribution in [2.75, 3.05) is 26.3 Å². The van der Waals surface area contributed by atoms with Gasteiger partial charge in [0.05, 0.1) is 10.9 Å². The van der Waals surface area contributed by atoms with Crippen molar-refractivity contribution in [1.82, 2.24) is 9.62 Å². The van der Waals surface area contributed by atoms with Gasteiger partial charge in [0.25, 0.3) is 0 Å². The van der Waals surface area contributed by atoms with Crippen LogP contribution in [-0.4, -0.2) is 51.0 Å². The molecule has 2 fully saturated rings. The van der Waals surface area contributed by atoms with E-state index < -0.39 is 16.1 Å². The van der Waals surface area contributed by atoms with Gasteiger partial charge < -0.3 is 15.8 Å². The van der Waals surface area contributed by atoms with E-state index in [0.717, 1.165) is 37.7 Å². The number of nitrogens with two attached hydrogens (primary N) is 1. The molecule has 1 unspecified atom stereocenters. The second-order valence-corrected chi connectivity index (χ2v) is 9.24. The fourth-order valence-corrected chi connectivity index (χ4v) is 5.15. The highest BCUT2D eigenvalue weighted by atomic mass is 32.2. The first-order valence-corrected chi connectivity index (χ1v) is 11.1. The van der Waals surface area contributed by atoms with Gasteiger partial charge in [0.2, 0.25) is 15.9 Å².